The van der Waals surface area contributed by atoms with Crippen LogP contribution in [0.3, 0.4) is 0 Å². The minimum atomic E-state index is -0.0160. The van der Waals surface area contributed by atoms with Crippen molar-refractivity contribution in [2.75, 3.05) is 14.1 Å². The lowest BCUT2D eigenvalue weighted by atomic mass is 10.1. The van der Waals surface area contributed by atoms with E-state index in [4.69, 9.17) is 10.5 Å². The van der Waals surface area contributed by atoms with Gasteiger partial charge < -0.3 is 15.4 Å². The van der Waals surface area contributed by atoms with Crippen molar-refractivity contribution >= 4 is 5.91 Å². The van der Waals surface area contributed by atoms with Crippen LogP contribution in [0.2, 0.25) is 0 Å². The summed E-state index contributed by atoms with van der Waals surface area (Å²) in [5, 5.41) is 0. The number of ether oxygens (including phenoxy) is 1. The summed E-state index contributed by atoms with van der Waals surface area (Å²) in [5.41, 5.74) is 7.23. The molecule has 1 aliphatic carbocycles. The fourth-order valence-electron chi connectivity index (χ4n) is 1.61. The second-order valence-corrected chi connectivity index (χ2v) is 4.54. The largest absolute Gasteiger partial charge is 0.490 e. The van der Waals surface area contributed by atoms with Crippen LogP contribution in [0.5, 0.6) is 5.75 Å². The monoisotopic (exact) mass is 234 g/mol. The molecule has 0 spiro atoms. The van der Waals surface area contributed by atoms with E-state index in [-0.39, 0.29) is 5.91 Å². The van der Waals surface area contributed by atoms with E-state index >= 15 is 0 Å². The highest BCUT2D eigenvalue weighted by Crippen LogP contribution is 2.29. The molecule has 0 unspecified atom stereocenters. The third-order valence-corrected chi connectivity index (χ3v) is 2.75. The zero-order valence-corrected chi connectivity index (χ0v) is 10.3. The van der Waals surface area contributed by atoms with Gasteiger partial charge in [0.25, 0.3) is 5.91 Å². The number of rotatable bonds is 4. The Morgan fingerprint density at radius 3 is 2.71 bits per heavy atom. The first-order valence-electron chi connectivity index (χ1n) is 5.83. The van der Waals surface area contributed by atoms with Crippen LogP contribution in [0.4, 0.5) is 0 Å². The predicted octanol–water partition coefficient (Wildman–Crippen LogP) is 1.39. The maximum absolute atomic E-state index is 11.8. The summed E-state index contributed by atoms with van der Waals surface area (Å²) in [7, 11) is 3.47. The molecular formula is C13H18N2O2. The van der Waals surface area contributed by atoms with Crippen molar-refractivity contribution < 1.29 is 9.53 Å². The van der Waals surface area contributed by atoms with E-state index in [9.17, 15) is 4.79 Å². The quantitative estimate of drug-likeness (QED) is 0.856. The highest BCUT2D eigenvalue weighted by molar-refractivity contribution is 5.94. The Balaban J connectivity index is 2.23. The minimum Gasteiger partial charge on any atom is -0.490 e. The lowest BCUT2D eigenvalue weighted by Crippen LogP contribution is -2.22. The number of amides is 1. The van der Waals surface area contributed by atoms with Gasteiger partial charge in [0, 0.05) is 31.8 Å². The fourth-order valence-corrected chi connectivity index (χ4v) is 1.61. The molecule has 2 N–H and O–H groups in total. The number of hydrogen-bond donors (Lipinski definition) is 1. The molecule has 1 saturated carbocycles. The zero-order valence-electron chi connectivity index (χ0n) is 10.3. The molecule has 17 heavy (non-hydrogen) atoms. The third-order valence-electron chi connectivity index (χ3n) is 2.75. The average Bonchev–Trinajstić information content (AvgIpc) is 3.12. The molecule has 0 bridgehead atoms. The van der Waals surface area contributed by atoms with Crippen molar-refractivity contribution in [3.63, 3.8) is 0 Å². The Morgan fingerprint density at radius 2 is 2.18 bits per heavy atom. The Morgan fingerprint density at radius 1 is 1.47 bits per heavy atom. The van der Waals surface area contributed by atoms with Crippen LogP contribution in [0.25, 0.3) is 0 Å². The second kappa shape index (κ2) is 4.75. The normalized spacial score (nSPS) is 14.5. The molecule has 0 saturated heterocycles. The third kappa shape index (κ3) is 2.77. The van der Waals surface area contributed by atoms with Gasteiger partial charge in [-0.25, -0.2) is 0 Å². The van der Waals surface area contributed by atoms with Crippen molar-refractivity contribution in [1.82, 2.24) is 4.90 Å². The van der Waals surface area contributed by atoms with Gasteiger partial charge in [-0.3, -0.25) is 4.79 Å². The Hall–Kier alpha value is -1.55. The Kier molecular flexibility index (Phi) is 3.33. The van der Waals surface area contributed by atoms with Gasteiger partial charge >= 0.3 is 0 Å². The molecule has 4 nitrogen and oxygen atoms in total. The number of nitrogens with two attached hydrogens (primary N) is 1. The molecule has 2 rings (SSSR count). The minimum absolute atomic E-state index is 0.0160. The number of carbonyl (C=O) groups is 1. The first-order valence-corrected chi connectivity index (χ1v) is 5.83. The fraction of sp³-hybridized carbons (Fsp3) is 0.462. The highest BCUT2D eigenvalue weighted by atomic mass is 16.5. The van der Waals surface area contributed by atoms with Gasteiger partial charge in [0.05, 0.1) is 6.10 Å². The SMILES string of the molecule is CN(C)C(=O)c1ccc(OC2CC2)c(CN)c1. The highest BCUT2D eigenvalue weighted by Gasteiger charge is 2.24. The van der Waals surface area contributed by atoms with Crippen LogP contribution in [0, 0.1) is 0 Å². The van der Waals surface area contributed by atoms with E-state index in [0.29, 0.717) is 18.2 Å². The van der Waals surface area contributed by atoms with E-state index in [2.05, 4.69) is 0 Å². The topological polar surface area (TPSA) is 55.6 Å². The first-order chi connectivity index (χ1) is 8.11. The summed E-state index contributed by atoms with van der Waals surface area (Å²) < 4.78 is 5.74. The van der Waals surface area contributed by atoms with Crippen molar-refractivity contribution in [1.29, 1.82) is 0 Å². The van der Waals surface area contributed by atoms with Crippen molar-refractivity contribution in [3.8, 4) is 5.75 Å². The maximum Gasteiger partial charge on any atom is 0.253 e. The van der Waals surface area contributed by atoms with Gasteiger partial charge in [0.15, 0.2) is 0 Å². The van der Waals surface area contributed by atoms with Crippen LogP contribution in [0.15, 0.2) is 18.2 Å². The Bertz CT molecular complexity index is 425. The van der Waals surface area contributed by atoms with E-state index in [1.54, 1.807) is 25.1 Å². The van der Waals surface area contributed by atoms with E-state index in [1.165, 1.54) is 0 Å². The molecule has 1 amide bonds. The van der Waals surface area contributed by atoms with Gasteiger partial charge in [0.1, 0.15) is 5.75 Å². The standard InChI is InChI=1S/C13H18N2O2/c1-15(2)13(16)9-3-6-12(10(7-9)8-14)17-11-4-5-11/h3,6-7,11H,4-5,8,14H2,1-2H3. The summed E-state index contributed by atoms with van der Waals surface area (Å²) in [6.07, 6.45) is 2.57. The second-order valence-electron chi connectivity index (χ2n) is 4.54. The molecule has 1 aliphatic rings. The van der Waals surface area contributed by atoms with Gasteiger partial charge in [-0.1, -0.05) is 0 Å². The molecule has 1 aromatic carbocycles. The molecule has 4 heteroatoms. The molecule has 1 fully saturated rings. The molecule has 0 radical (unpaired) electrons. The van der Waals surface area contributed by atoms with Crippen LogP contribution in [0.1, 0.15) is 28.8 Å². The lowest BCUT2D eigenvalue weighted by molar-refractivity contribution is 0.0827. The average molecular weight is 234 g/mol. The number of nitrogens with zero attached hydrogens (tertiary/aromatic N) is 1. The molecule has 0 atom stereocenters. The lowest BCUT2D eigenvalue weighted by Gasteiger charge is -2.14. The molecule has 0 heterocycles. The van der Waals surface area contributed by atoms with E-state index in [0.717, 1.165) is 24.2 Å². The van der Waals surface area contributed by atoms with Crippen LogP contribution in [-0.4, -0.2) is 31.0 Å². The summed E-state index contributed by atoms with van der Waals surface area (Å²) in [5.74, 6) is 0.794. The summed E-state index contributed by atoms with van der Waals surface area (Å²) in [4.78, 5) is 13.4. The number of benzene rings is 1. The predicted molar refractivity (Wildman–Crippen MR) is 66.0 cm³/mol. The summed E-state index contributed by atoms with van der Waals surface area (Å²) in [6.45, 7) is 0.386. The summed E-state index contributed by atoms with van der Waals surface area (Å²) in [6, 6.07) is 5.45. The van der Waals surface area contributed by atoms with E-state index < -0.39 is 0 Å². The van der Waals surface area contributed by atoms with Gasteiger partial charge in [0.2, 0.25) is 0 Å². The van der Waals surface area contributed by atoms with Crippen molar-refractivity contribution in [2.24, 2.45) is 5.73 Å². The number of carbonyl (C=O) groups excluding carboxylic acids is 1. The molecule has 1 aromatic rings. The Labute approximate surface area is 101 Å². The molecule has 0 aliphatic heterocycles. The van der Waals surface area contributed by atoms with Crippen molar-refractivity contribution in [3.05, 3.63) is 29.3 Å². The smallest absolute Gasteiger partial charge is 0.253 e. The van der Waals surface area contributed by atoms with Gasteiger partial charge in [-0.05, 0) is 31.0 Å². The molecular weight excluding hydrogens is 216 g/mol. The van der Waals surface area contributed by atoms with E-state index in [1.807, 2.05) is 12.1 Å². The molecule has 0 aromatic heterocycles. The van der Waals surface area contributed by atoms with Gasteiger partial charge in [-0.15, -0.1) is 0 Å². The maximum atomic E-state index is 11.8. The van der Waals surface area contributed by atoms with Gasteiger partial charge in [-0.2, -0.15) is 0 Å². The first kappa shape index (κ1) is 11.9. The van der Waals surface area contributed by atoms with Crippen LogP contribution in [-0.2, 0) is 6.54 Å². The molecule has 92 valence electrons. The summed E-state index contributed by atoms with van der Waals surface area (Å²) >= 11 is 0. The number of hydrogen-bond acceptors (Lipinski definition) is 3. The van der Waals surface area contributed by atoms with Crippen LogP contribution < -0.4 is 10.5 Å². The zero-order chi connectivity index (χ0) is 12.4. The van der Waals surface area contributed by atoms with Crippen molar-refractivity contribution in [2.45, 2.75) is 25.5 Å². The van der Waals surface area contributed by atoms with Crippen LogP contribution >= 0.6 is 0 Å².